The van der Waals surface area contributed by atoms with Crippen LogP contribution in [0.3, 0.4) is 0 Å². The van der Waals surface area contributed by atoms with Crippen LogP contribution >= 0.6 is 11.3 Å². The van der Waals surface area contributed by atoms with Crippen LogP contribution in [0.25, 0.3) is 10.7 Å². The molecule has 4 nitrogen and oxygen atoms in total. The largest absolute Gasteiger partial charge is 0.477 e. The minimum Gasteiger partial charge on any atom is -0.477 e. The Morgan fingerprint density at radius 1 is 1.43 bits per heavy atom. The predicted octanol–water partition coefficient (Wildman–Crippen LogP) is 1.90. The molecule has 0 saturated carbocycles. The van der Waals surface area contributed by atoms with Crippen LogP contribution in [-0.2, 0) is 0 Å². The second-order valence-corrected chi connectivity index (χ2v) is 3.45. The minimum atomic E-state index is -1.02. The number of hydrogen-bond acceptors (Lipinski definition) is 4. The van der Waals surface area contributed by atoms with E-state index in [1.807, 2.05) is 5.38 Å². The number of aromatic carboxylic acids is 1. The Morgan fingerprint density at radius 3 is 2.93 bits per heavy atom. The Kier molecular flexibility index (Phi) is 2.24. The van der Waals surface area contributed by atoms with Crippen molar-refractivity contribution in [2.24, 2.45) is 0 Å². The maximum absolute atomic E-state index is 10.6. The quantitative estimate of drug-likeness (QED) is 0.815. The van der Waals surface area contributed by atoms with E-state index in [0.717, 1.165) is 5.01 Å². The fraction of sp³-hybridized carbons (Fsp3) is 0. The molecule has 70 valence electrons. The molecule has 0 aromatic carbocycles. The smallest absolute Gasteiger partial charge is 0.354 e. The summed E-state index contributed by atoms with van der Waals surface area (Å²) in [6.45, 7) is 0. The molecule has 0 aliphatic heterocycles. The van der Waals surface area contributed by atoms with Gasteiger partial charge in [-0.25, -0.2) is 14.8 Å². The van der Waals surface area contributed by atoms with Crippen molar-refractivity contribution in [2.75, 3.05) is 0 Å². The van der Waals surface area contributed by atoms with E-state index in [0.29, 0.717) is 5.69 Å². The van der Waals surface area contributed by atoms with Crippen LogP contribution in [0.4, 0.5) is 0 Å². The van der Waals surface area contributed by atoms with Crippen LogP contribution in [0, 0.1) is 0 Å². The first-order valence-corrected chi connectivity index (χ1v) is 4.75. The second-order valence-electron chi connectivity index (χ2n) is 2.55. The van der Waals surface area contributed by atoms with Gasteiger partial charge in [0, 0.05) is 11.6 Å². The molecule has 0 aliphatic carbocycles. The Hall–Kier alpha value is -1.75. The van der Waals surface area contributed by atoms with E-state index in [4.69, 9.17) is 5.11 Å². The number of aromatic nitrogens is 2. The molecule has 14 heavy (non-hydrogen) atoms. The summed E-state index contributed by atoms with van der Waals surface area (Å²) < 4.78 is 0. The van der Waals surface area contributed by atoms with Crippen LogP contribution in [0.1, 0.15) is 10.5 Å². The molecule has 0 amide bonds. The lowest BCUT2D eigenvalue weighted by Gasteiger charge is -1.96. The summed E-state index contributed by atoms with van der Waals surface area (Å²) in [5.74, 6) is -1.02. The fourth-order valence-corrected chi connectivity index (χ4v) is 1.63. The van der Waals surface area contributed by atoms with E-state index >= 15 is 0 Å². The van der Waals surface area contributed by atoms with E-state index in [-0.39, 0.29) is 5.69 Å². The molecule has 0 radical (unpaired) electrons. The molecular formula is C9H6N2O2S. The van der Waals surface area contributed by atoms with Gasteiger partial charge in [-0.05, 0) is 12.1 Å². The highest BCUT2D eigenvalue weighted by molar-refractivity contribution is 7.13. The fourth-order valence-electron chi connectivity index (χ4n) is 1.02. The van der Waals surface area contributed by atoms with E-state index in [1.54, 1.807) is 18.3 Å². The summed E-state index contributed by atoms with van der Waals surface area (Å²) in [6, 6.07) is 4.86. The standard InChI is InChI=1S/C9H6N2O2S/c12-9(13)7-3-1-2-6(11-7)8-10-4-5-14-8/h1-5H,(H,12,13). The highest BCUT2D eigenvalue weighted by Gasteiger charge is 2.07. The first-order chi connectivity index (χ1) is 6.77. The molecular weight excluding hydrogens is 200 g/mol. The molecule has 2 rings (SSSR count). The number of carbonyl (C=O) groups is 1. The summed E-state index contributed by atoms with van der Waals surface area (Å²) in [4.78, 5) is 18.7. The molecule has 0 saturated heterocycles. The number of thiazole rings is 1. The first kappa shape index (κ1) is 8.83. The first-order valence-electron chi connectivity index (χ1n) is 3.87. The van der Waals surface area contributed by atoms with E-state index in [1.165, 1.54) is 17.4 Å². The van der Waals surface area contributed by atoms with E-state index < -0.39 is 5.97 Å². The van der Waals surface area contributed by atoms with Gasteiger partial charge in [0.1, 0.15) is 10.7 Å². The summed E-state index contributed by atoms with van der Waals surface area (Å²) in [6.07, 6.45) is 1.66. The molecule has 0 unspecified atom stereocenters. The molecule has 0 aliphatic rings. The zero-order chi connectivity index (χ0) is 9.97. The molecule has 1 N–H and O–H groups in total. The highest BCUT2D eigenvalue weighted by Crippen LogP contribution is 2.19. The van der Waals surface area contributed by atoms with Crippen molar-refractivity contribution in [3.05, 3.63) is 35.5 Å². The maximum atomic E-state index is 10.6. The van der Waals surface area contributed by atoms with Crippen LogP contribution in [0.2, 0.25) is 0 Å². The third kappa shape index (κ3) is 1.62. The third-order valence-electron chi connectivity index (χ3n) is 1.62. The number of pyridine rings is 1. The molecule has 2 aromatic rings. The van der Waals surface area contributed by atoms with E-state index in [9.17, 15) is 4.79 Å². The SMILES string of the molecule is O=C(O)c1cccc(-c2nccs2)n1. The third-order valence-corrected chi connectivity index (χ3v) is 2.42. The average Bonchev–Trinajstić information content (AvgIpc) is 2.71. The van der Waals surface area contributed by atoms with Gasteiger partial charge < -0.3 is 5.11 Å². The number of hydrogen-bond donors (Lipinski definition) is 1. The normalized spacial score (nSPS) is 10.0. The van der Waals surface area contributed by atoms with Crippen molar-refractivity contribution in [3.63, 3.8) is 0 Å². The lowest BCUT2D eigenvalue weighted by molar-refractivity contribution is 0.0690. The molecule has 0 fully saturated rings. The van der Waals surface area contributed by atoms with Crippen molar-refractivity contribution >= 4 is 17.3 Å². The molecule has 2 aromatic heterocycles. The monoisotopic (exact) mass is 206 g/mol. The van der Waals surface area contributed by atoms with Gasteiger partial charge in [-0.1, -0.05) is 6.07 Å². The maximum Gasteiger partial charge on any atom is 0.354 e. The Labute approximate surface area is 83.9 Å². The van der Waals surface area contributed by atoms with Crippen LogP contribution < -0.4 is 0 Å². The van der Waals surface area contributed by atoms with Gasteiger partial charge in [0.25, 0.3) is 0 Å². The van der Waals surface area contributed by atoms with Gasteiger partial charge >= 0.3 is 5.97 Å². The van der Waals surface area contributed by atoms with E-state index in [2.05, 4.69) is 9.97 Å². The summed E-state index contributed by atoms with van der Waals surface area (Å²) in [5, 5.41) is 11.3. The Morgan fingerprint density at radius 2 is 2.29 bits per heavy atom. The zero-order valence-corrected chi connectivity index (χ0v) is 7.86. The molecule has 2 heterocycles. The number of carboxylic acid groups (broad SMARTS) is 1. The Bertz CT molecular complexity index is 454. The summed E-state index contributed by atoms with van der Waals surface area (Å²) in [5.41, 5.74) is 0.637. The number of rotatable bonds is 2. The van der Waals surface area contributed by atoms with Crippen LogP contribution in [-0.4, -0.2) is 21.0 Å². The van der Waals surface area contributed by atoms with Crippen molar-refractivity contribution < 1.29 is 9.90 Å². The average molecular weight is 206 g/mol. The van der Waals surface area contributed by atoms with Gasteiger partial charge in [0.2, 0.25) is 0 Å². The highest BCUT2D eigenvalue weighted by atomic mass is 32.1. The summed E-state index contributed by atoms with van der Waals surface area (Å²) in [7, 11) is 0. The van der Waals surface area contributed by atoms with Crippen molar-refractivity contribution in [2.45, 2.75) is 0 Å². The Balaban J connectivity index is 2.46. The molecule has 0 spiro atoms. The van der Waals surface area contributed by atoms with Crippen LogP contribution in [0.5, 0.6) is 0 Å². The molecule has 5 heteroatoms. The lowest BCUT2D eigenvalue weighted by Crippen LogP contribution is -2.00. The predicted molar refractivity (Wildman–Crippen MR) is 52.3 cm³/mol. The molecule has 0 atom stereocenters. The zero-order valence-electron chi connectivity index (χ0n) is 7.04. The second kappa shape index (κ2) is 3.55. The van der Waals surface area contributed by atoms with Gasteiger partial charge in [-0.3, -0.25) is 0 Å². The minimum absolute atomic E-state index is 0.0395. The van der Waals surface area contributed by atoms with Gasteiger partial charge in [-0.15, -0.1) is 11.3 Å². The topological polar surface area (TPSA) is 63.1 Å². The van der Waals surface area contributed by atoms with Crippen molar-refractivity contribution in [1.82, 2.24) is 9.97 Å². The lowest BCUT2D eigenvalue weighted by atomic mass is 10.3. The van der Waals surface area contributed by atoms with Crippen molar-refractivity contribution in [1.29, 1.82) is 0 Å². The number of nitrogens with zero attached hydrogens (tertiary/aromatic N) is 2. The van der Waals surface area contributed by atoms with Gasteiger partial charge in [0.15, 0.2) is 0 Å². The van der Waals surface area contributed by atoms with Crippen molar-refractivity contribution in [3.8, 4) is 10.7 Å². The van der Waals surface area contributed by atoms with Gasteiger partial charge in [0.05, 0.1) is 5.69 Å². The van der Waals surface area contributed by atoms with Gasteiger partial charge in [-0.2, -0.15) is 0 Å². The summed E-state index contributed by atoms with van der Waals surface area (Å²) >= 11 is 1.43. The van der Waals surface area contributed by atoms with Crippen LogP contribution in [0.15, 0.2) is 29.8 Å². The molecule has 0 bridgehead atoms. The number of carboxylic acids is 1.